The number of hydrogen-bond acceptors (Lipinski definition) is 6. The Morgan fingerprint density at radius 2 is 1.84 bits per heavy atom. The van der Waals surface area contributed by atoms with Crippen molar-refractivity contribution in [3.8, 4) is 0 Å². The average molecular weight is 359 g/mol. The summed E-state index contributed by atoms with van der Waals surface area (Å²) in [7, 11) is 0. The minimum Gasteiger partial charge on any atom is -0.444 e. The molecule has 3 atom stereocenters. The third-order valence-electron chi connectivity index (χ3n) is 3.51. The van der Waals surface area contributed by atoms with Gasteiger partial charge in [0, 0.05) is 25.2 Å². The van der Waals surface area contributed by atoms with Crippen molar-refractivity contribution in [2.24, 2.45) is 0 Å². The van der Waals surface area contributed by atoms with E-state index in [0.29, 0.717) is 13.0 Å². The SMILES string of the molecule is CC(C)(C)NC(=O)[C@@H]1C[C@@H](O)CN1CC(O)CNC(=O)OC(C)(C)C. The molecule has 0 bridgehead atoms. The molecule has 1 aliphatic heterocycles. The van der Waals surface area contributed by atoms with Crippen molar-refractivity contribution < 1.29 is 24.5 Å². The van der Waals surface area contributed by atoms with Crippen LogP contribution < -0.4 is 10.6 Å². The van der Waals surface area contributed by atoms with Crippen LogP contribution in [-0.2, 0) is 9.53 Å². The standard InChI is InChI=1S/C17H33N3O5/c1-16(2,3)19-14(23)13-7-11(21)9-20(13)10-12(22)8-18-15(24)25-17(4,5)6/h11-13,21-22H,7-10H2,1-6H3,(H,18,24)(H,19,23)/t11-,12?,13+/m1/s1. The molecule has 25 heavy (non-hydrogen) atoms. The molecule has 1 fully saturated rings. The summed E-state index contributed by atoms with van der Waals surface area (Å²) in [6.45, 7) is 11.4. The monoisotopic (exact) mass is 359 g/mol. The number of likely N-dealkylation sites (tertiary alicyclic amines) is 1. The normalized spacial score (nSPS) is 23.2. The Morgan fingerprint density at radius 3 is 2.36 bits per heavy atom. The Balaban J connectivity index is 2.52. The summed E-state index contributed by atoms with van der Waals surface area (Å²) in [6.07, 6.45) is -1.76. The first-order valence-corrected chi connectivity index (χ1v) is 8.66. The highest BCUT2D eigenvalue weighted by Crippen LogP contribution is 2.19. The van der Waals surface area contributed by atoms with Crippen LogP contribution in [0.5, 0.6) is 0 Å². The van der Waals surface area contributed by atoms with Crippen LogP contribution in [0.15, 0.2) is 0 Å². The number of hydrogen-bond donors (Lipinski definition) is 4. The fourth-order valence-corrected chi connectivity index (χ4v) is 2.66. The molecular formula is C17H33N3O5. The highest BCUT2D eigenvalue weighted by molar-refractivity contribution is 5.82. The van der Waals surface area contributed by atoms with Crippen LogP contribution in [0.2, 0.25) is 0 Å². The van der Waals surface area contributed by atoms with Crippen LogP contribution in [0, 0.1) is 0 Å². The summed E-state index contributed by atoms with van der Waals surface area (Å²) in [4.78, 5) is 25.7. The van der Waals surface area contributed by atoms with Crippen molar-refractivity contribution >= 4 is 12.0 Å². The molecule has 0 aromatic heterocycles. The number of aliphatic hydroxyl groups excluding tert-OH is 2. The van der Waals surface area contributed by atoms with E-state index in [2.05, 4.69) is 10.6 Å². The van der Waals surface area contributed by atoms with Crippen molar-refractivity contribution in [3.63, 3.8) is 0 Å². The van der Waals surface area contributed by atoms with Crippen LogP contribution in [0.3, 0.4) is 0 Å². The third-order valence-corrected chi connectivity index (χ3v) is 3.51. The molecule has 0 aliphatic carbocycles. The van der Waals surface area contributed by atoms with E-state index in [4.69, 9.17) is 4.74 Å². The van der Waals surface area contributed by atoms with Gasteiger partial charge in [0.25, 0.3) is 0 Å². The van der Waals surface area contributed by atoms with Gasteiger partial charge in [-0.3, -0.25) is 9.69 Å². The van der Waals surface area contributed by atoms with Gasteiger partial charge in [-0.1, -0.05) is 0 Å². The van der Waals surface area contributed by atoms with Gasteiger partial charge in [-0.05, 0) is 48.0 Å². The molecule has 1 rings (SSSR count). The van der Waals surface area contributed by atoms with Gasteiger partial charge in [0.05, 0.1) is 18.2 Å². The van der Waals surface area contributed by atoms with Gasteiger partial charge in [-0.15, -0.1) is 0 Å². The number of nitrogens with one attached hydrogen (secondary N) is 2. The molecule has 2 amide bonds. The summed E-state index contributed by atoms with van der Waals surface area (Å²) in [5.41, 5.74) is -0.975. The lowest BCUT2D eigenvalue weighted by atomic mass is 10.1. The maximum absolute atomic E-state index is 12.4. The summed E-state index contributed by atoms with van der Waals surface area (Å²) < 4.78 is 5.11. The second-order valence-corrected chi connectivity index (χ2v) is 8.64. The lowest BCUT2D eigenvalue weighted by Gasteiger charge is -2.29. The minimum atomic E-state index is -0.872. The molecule has 0 aromatic carbocycles. The maximum Gasteiger partial charge on any atom is 0.407 e. The smallest absolute Gasteiger partial charge is 0.407 e. The summed E-state index contributed by atoms with van der Waals surface area (Å²) in [6, 6.07) is -0.495. The quantitative estimate of drug-likeness (QED) is 0.559. The van der Waals surface area contributed by atoms with Crippen molar-refractivity contribution in [1.82, 2.24) is 15.5 Å². The minimum absolute atomic E-state index is 0.00905. The number of rotatable bonds is 5. The first kappa shape index (κ1) is 21.7. The molecule has 1 heterocycles. The number of nitrogens with zero attached hydrogens (tertiary/aromatic N) is 1. The molecule has 4 N–H and O–H groups in total. The number of β-amino-alcohol motifs (C(OH)–C–C–N with tert-alkyl or cyclic N) is 2. The highest BCUT2D eigenvalue weighted by Gasteiger charge is 2.37. The largest absolute Gasteiger partial charge is 0.444 e. The topological polar surface area (TPSA) is 111 Å². The molecule has 8 heteroatoms. The first-order valence-electron chi connectivity index (χ1n) is 8.66. The molecule has 0 spiro atoms. The predicted molar refractivity (Wildman–Crippen MR) is 94.1 cm³/mol. The Labute approximate surface area is 149 Å². The van der Waals surface area contributed by atoms with E-state index in [1.165, 1.54) is 0 Å². The van der Waals surface area contributed by atoms with Gasteiger partial charge in [-0.2, -0.15) is 0 Å². The molecule has 146 valence electrons. The molecule has 0 radical (unpaired) electrons. The Kier molecular flexibility index (Phi) is 7.22. The second kappa shape index (κ2) is 8.33. The molecule has 1 unspecified atom stereocenters. The summed E-state index contributed by atoms with van der Waals surface area (Å²) >= 11 is 0. The summed E-state index contributed by atoms with van der Waals surface area (Å²) in [5, 5.41) is 25.4. The van der Waals surface area contributed by atoms with Crippen LogP contribution in [0.1, 0.15) is 48.0 Å². The fraction of sp³-hybridized carbons (Fsp3) is 0.882. The van der Waals surface area contributed by atoms with Crippen LogP contribution >= 0.6 is 0 Å². The molecule has 1 saturated heterocycles. The van der Waals surface area contributed by atoms with Gasteiger partial charge in [0.1, 0.15) is 5.60 Å². The number of carbonyl (C=O) groups is 2. The van der Waals surface area contributed by atoms with Gasteiger partial charge >= 0.3 is 6.09 Å². The highest BCUT2D eigenvalue weighted by atomic mass is 16.6. The van der Waals surface area contributed by atoms with E-state index in [1.807, 2.05) is 20.8 Å². The van der Waals surface area contributed by atoms with E-state index in [-0.39, 0.29) is 24.5 Å². The zero-order valence-electron chi connectivity index (χ0n) is 16.1. The lowest BCUT2D eigenvalue weighted by molar-refractivity contribution is -0.127. The van der Waals surface area contributed by atoms with Crippen molar-refractivity contribution in [2.45, 2.75) is 77.4 Å². The summed E-state index contributed by atoms with van der Waals surface area (Å²) in [5.74, 6) is -0.170. The van der Waals surface area contributed by atoms with Gasteiger partial charge in [0.2, 0.25) is 5.91 Å². The van der Waals surface area contributed by atoms with Gasteiger partial charge in [-0.25, -0.2) is 4.79 Å². The van der Waals surface area contributed by atoms with Crippen LogP contribution in [0.25, 0.3) is 0 Å². The molecule has 0 saturated carbocycles. The van der Waals surface area contributed by atoms with Crippen molar-refractivity contribution in [3.05, 3.63) is 0 Å². The van der Waals surface area contributed by atoms with Gasteiger partial charge < -0.3 is 25.6 Å². The Bertz CT molecular complexity index is 470. The number of carbonyl (C=O) groups excluding carboxylic acids is 2. The first-order chi connectivity index (χ1) is 11.3. The van der Waals surface area contributed by atoms with Crippen LogP contribution in [-0.4, -0.2) is 76.1 Å². The molecule has 8 nitrogen and oxygen atoms in total. The van der Waals surface area contributed by atoms with Gasteiger partial charge in [0.15, 0.2) is 0 Å². The van der Waals surface area contributed by atoms with E-state index < -0.39 is 29.9 Å². The lowest BCUT2D eigenvalue weighted by Crippen LogP contribution is -2.52. The third kappa shape index (κ3) is 8.51. The Morgan fingerprint density at radius 1 is 1.24 bits per heavy atom. The molecule has 0 aromatic rings. The predicted octanol–water partition coefficient (Wildman–Crippen LogP) is 0.222. The van der Waals surface area contributed by atoms with E-state index >= 15 is 0 Å². The molecule has 1 aliphatic rings. The van der Waals surface area contributed by atoms with Crippen molar-refractivity contribution in [1.29, 1.82) is 0 Å². The Hall–Kier alpha value is -1.38. The van der Waals surface area contributed by atoms with E-state index in [1.54, 1.807) is 25.7 Å². The fourth-order valence-electron chi connectivity index (χ4n) is 2.66. The number of aliphatic hydroxyl groups is 2. The maximum atomic E-state index is 12.4. The van der Waals surface area contributed by atoms with Crippen molar-refractivity contribution in [2.75, 3.05) is 19.6 Å². The number of alkyl carbamates (subject to hydrolysis) is 1. The average Bonchev–Trinajstić information content (AvgIpc) is 2.73. The zero-order chi connectivity index (χ0) is 19.4. The number of ether oxygens (including phenoxy) is 1. The zero-order valence-corrected chi connectivity index (χ0v) is 16.1. The van der Waals surface area contributed by atoms with Crippen LogP contribution in [0.4, 0.5) is 4.79 Å². The number of amides is 2. The van der Waals surface area contributed by atoms with E-state index in [0.717, 1.165) is 0 Å². The van der Waals surface area contributed by atoms with E-state index in [9.17, 15) is 19.8 Å². The molecular weight excluding hydrogens is 326 g/mol. The second-order valence-electron chi connectivity index (χ2n) is 8.64.